The number of halogens is 1. The first-order chi connectivity index (χ1) is 13.7. The van der Waals surface area contributed by atoms with Crippen LogP contribution < -0.4 is 10.5 Å². The molecule has 142 valence electrons. The highest BCUT2D eigenvalue weighted by Gasteiger charge is 2.23. The predicted molar refractivity (Wildman–Crippen MR) is 111 cm³/mol. The number of hydrogen-bond donors (Lipinski definition) is 1. The number of furan rings is 1. The number of nitrogens with two attached hydrogens (primary N) is 1. The van der Waals surface area contributed by atoms with Crippen LogP contribution in [0.1, 0.15) is 41.8 Å². The van der Waals surface area contributed by atoms with Crippen LogP contribution in [0, 0.1) is 11.3 Å². The van der Waals surface area contributed by atoms with E-state index >= 15 is 0 Å². The maximum atomic E-state index is 9.68. The van der Waals surface area contributed by atoms with Crippen LogP contribution >= 0.6 is 15.9 Å². The minimum absolute atomic E-state index is 0.278. The Morgan fingerprint density at radius 2 is 1.96 bits per heavy atom. The van der Waals surface area contributed by atoms with Gasteiger partial charge in [-0.2, -0.15) is 5.26 Å². The van der Waals surface area contributed by atoms with Gasteiger partial charge >= 0.3 is 0 Å². The highest BCUT2D eigenvalue weighted by Crippen LogP contribution is 2.36. The van der Waals surface area contributed by atoms with Crippen LogP contribution in [-0.4, -0.2) is 4.98 Å². The first-order valence-corrected chi connectivity index (χ1v) is 10.1. The maximum Gasteiger partial charge on any atom is 0.146 e. The van der Waals surface area contributed by atoms with Crippen LogP contribution in [0.15, 0.2) is 45.3 Å². The fraction of sp³-hybridized carbons (Fsp3) is 0.273. The van der Waals surface area contributed by atoms with Gasteiger partial charge in [-0.3, -0.25) is 0 Å². The Labute approximate surface area is 172 Å². The van der Waals surface area contributed by atoms with E-state index in [1.807, 2.05) is 36.4 Å². The van der Waals surface area contributed by atoms with Crippen LogP contribution in [0.2, 0.25) is 0 Å². The molecule has 1 aromatic carbocycles. The normalized spacial score (nSPS) is 13.4. The van der Waals surface area contributed by atoms with E-state index in [-0.39, 0.29) is 5.82 Å². The van der Waals surface area contributed by atoms with Crippen LogP contribution in [0.4, 0.5) is 5.82 Å². The standard InChI is InChI=1S/C22H20BrN3O2/c23-17-7-4-5-9-19(17)27-13-14-10-11-20(28-14)21-15-6-2-1-3-8-18(15)26-22(25)16(21)12-24/h4-5,7,9-11H,1-3,6,8,13H2,(H2,25,26). The average molecular weight is 438 g/mol. The largest absolute Gasteiger partial charge is 0.484 e. The molecule has 1 aliphatic carbocycles. The van der Waals surface area contributed by atoms with Crippen molar-refractivity contribution in [3.05, 3.63) is 63.5 Å². The predicted octanol–water partition coefficient (Wildman–Crippen LogP) is 5.41. The van der Waals surface area contributed by atoms with E-state index < -0.39 is 0 Å². The van der Waals surface area contributed by atoms with E-state index in [1.54, 1.807) is 0 Å². The van der Waals surface area contributed by atoms with Crippen molar-refractivity contribution in [2.75, 3.05) is 5.73 Å². The first-order valence-electron chi connectivity index (χ1n) is 9.35. The molecule has 0 amide bonds. The molecule has 28 heavy (non-hydrogen) atoms. The van der Waals surface area contributed by atoms with E-state index in [0.29, 0.717) is 23.7 Å². The summed E-state index contributed by atoms with van der Waals surface area (Å²) in [5.41, 5.74) is 9.37. The molecule has 2 heterocycles. The third-order valence-corrected chi connectivity index (χ3v) is 5.63. The third-order valence-electron chi connectivity index (χ3n) is 4.98. The van der Waals surface area contributed by atoms with E-state index in [1.165, 1.54) is 0 Å². The molecule has 0 bridgehead atoms. The number of aryl methyl sites for hydroxylation is 1. The van der Waals surface area contributed by atoms with Gasteiger partial charge in [0.15, 0.2) is 0 Å². The molecule has 0 radical (unpaired) electrons. The Balaban J connectivity index is 1.67. The van der Waals surface area contributed by atoms with Crippen molar-refractivity contribution in [3.63, 3.8) is 0 Å². The molecule has 0 fully saturated rings. The Bertz CT molecular complexity index is 1050. The Morgan fingerprint density at radius 1 is 1.14 bits per heavy atom. The minimum atomic E-state index is 0.278. The number of ether oxygens (including phenoxy) is 1. The van der Waals surface area contributed by atoms with Crippen molar-refractivity contribution in [3.8, 4) is 23.1 Å². The lowest BCUT2D eigenvalue weighted by Crippen LogP contribution is -2.06. The molecule has 6 heteroatoms. The second kappa shape index (κ2) is 8.07. The van der Waals surface area contributed by atoms with Gasteiger partial charge in [0.25, 0.3) is 0 Å². The fourth-order valence-corrected chi connectivity index (χ4v) is 4.02. The zero-order valence-corrected chi connectivity index (χ0v) is 17.0. The number of hydrogen-bond acceptors (Lipinski definition) is 5. The summed E-state index contributed by atoms with van der Waals surface area (Å²) in [5, 5.41) is 9.68. The van der Waals surface area contributed by atoms with Crippen LogP contribution in [0.3, 0.4) is 0 Å². The second-order valence-corrected chi connectivity index (χ2v) is 7.68. The van der Waals surface area contributed by atoms with E-state index in [2.05, 4.69) is 27.0 Å². The zero-order chi connectivity index (χ0) is 19.5. The van der Waals surface area contributed by atoms with Crippen molar-refractivity contribution < 1.29 is 9.15 Å². The smallest absolute Gasteiger partial charge is 0.146 e. The lowest BCUT2D eigenvalue weighted by atomic mass is 9.95. The number of aromatic nitrogens is 1. The minimum Gasteiger partial charge on any atom is -0.484 e. The third kappa shape index (κ3) is 3.63. The molecular formula is C22H20BrN3O2. The molecule has 0 aliphatic heterocycles. The van der Waals surface area contributed by atoms with Gasteiger partial charge in [0.1, 0.15) is 41.3 Å². The van der Waals surface area contributed by atoms with E-state index in [4.69, 9.17) is 14.9 Å². The number of anilines is 1. The number of para-hydroxylation sites is 1. The highest BCUT2D eigenvalue weighted by molar-refractivity contribution is 9.10. The van der Waals surface area contributed by atoms with Gasteiger partial charge in [0, 0.05) is 11.3 Å². The number of pyridine rings is 1. The molecule has 2 aromatic heterocycles. The molecular weight excluding hydrogens is 418 g/mol. The summed E-state index contributed by atoms with van der Waals surface area (Å²) in [7, 11) is 0. The lowest BCUT2D eigenvalue weighted by molar-refractivity contribution is 0.270. The summed E-state index contributed by atoms with van der Waals surface area (Å²) in [6.45, 7) is 0.299. The van der Waals surface area contributed by atoms with Gasteiger partial charge in [-0.05, 0) is 71.4 Å². The van der Waals surface area contributed by atoms with E-state index in [0.717, 1.165) is 59.1 Å². The molecule has 3 aromatic rings. The lowest BCUT2D eigenvalue weighted by Gasteiger charge is -2.14. The molecule has 1 aliphatic rings. The van der Waals surface area contributed by atoms with E-state index in [9.17, 15) is 5.26 Å². The molecule has 4 rings (SSSR count). The van der Waals surface area contributed by atoms with Gasteiger partial charge in [0.05, 0.1) is 4.47 Å². The monoisotopic (exact) mass is 437 g/mol. The second-order valence-electron chi connectivity index (χ2n) is 6.83. The Hall–Kier alpha value is -2.78. The number of rotatable bonds is 4. The molecule has 0 atom stereocenters. The van der Waals surface area contributed by atoms with Gasteiger partial charge in [-0.15, -0.1) is 0 Å². The van der Waals surface area contributed by atoms with Crippen molar-refractivity contribution in [1.29, 1.82) is 5.26 Å². The summed E-state index contributed by atoms with van der Waals surface area (Å²) in [6.07, 6.45) is 5.09. The summed E-state index contributed by atoms with van der Waals surface area (Å²) in [4.78, 5) is 4.51. The van der Waals surface area contributed by atoms with Crippen molar-refractivity contribution >= 4 is 21.7 Å². The number of nitrogen functional groups attached to an aromatic ring is 1. The Morgan fingerprint density at radius 3 is 2.79 bits per heavy atom. The number of nitriles is 1. The number of nitrogens with zero attached hydrogens (tertiary/aromatic N) is 2. The van der Waals surface area contributed by atoms with Gasteiger partial charge < -0.3 is 14.9 Å². The molecule has 0 spiro atoms. The van der Waals surface area contributed by atoms with Crippen molar-refractivity contribution in [1.82, 2.24) is 4.98 Å². The van der Waals surface area contributed by atoms with Crippen molar-refractivity contribution in [2.45, 2.75) is 38.7 Å². The topological polar surface area (TPSA) is 85.1 Å². The highest BCUT2D eigenvalue weighted by atomic mass is 79.9. The molecule has 0 saturated heterocycles. The SMILES string of the molecule is N#Cc1c(N)nc2c(c1-c1ccc(COc3ccccc3Br)o1)CCCCC2. The molecule has 0 saturated carbocycles. The summed E-state index contributed by atoms with van der Waals surface area (Å²) >= 11 is 3.47. The van der Waals surface area contributed by atoms with Gasteiger partial charge in [0.2, 0.25) is 0 Å². The molecule has 0 unspecified atom stereocenters. The quantitative estimate of drug-likeness (QED) is 0.551. The van der Waals surface area contributed by atoms with Crippen LogP contribution in [0.25, 0.3) is 11.3 Å². The fourth-order valence-electron chi connectivity index (χ4n) is 3.62. The summed E-state index contributed by atoms with van der Waals surface area (Å²) in [5.74, 6) is 2.36. The van der Waals surface area contributed by atoms with Gasteiger partial charge in [-0.25, -0.2) is 4.98 Å². The molecule has 2 N–H and O–H groups in total. The first kappa shape index (κ1) is 18.6. The zero-order valence-electron chi connectivity index (χ0n) is 15.4. The maximum absolute atomic E-state index is 9.68. The Kier molecular flexibility index (Phi) is 5.36. The number of fused-ring (bicyclic) bond motifs is 1. The summed E-state index contributed by atoms with van der Waals surface area (Å²) in [6, 6.07) is 13.7. The number of benzene rings is 1. The molecule has 5 nitrogen and oxygen atoms in total. The summed E-state index contributed by atoms with van der Waals surface area (Å²) < 4.78 is 12.8. The van der Waals surface area contributed by atoms with Crippen LogP contribution in [0.5, 0.6) is 5.75 Å². The van der Waals surface area contributed by atoms with Crippen LogP contribution in [-0.2, 0) is 19.4 Å². The van der Waals surface area contributed by atoms with Crippen molar-refractivity contribution in [2.24, 2.45) is 0 Å². The average Bonchev–Trinajstić information content (AvgIpc) is 3.04. The van der Waals surface area contributed by atoms with Gasteiger partial charge in [-0.1, -0.05) is 18.6 Å².